The number of anilines is 1. The number of hydrogen-bond acceptors (Lipinski definition) is 4. The molecule has 2 aromatic rings. The highest BCUT2D eigenvalue weighted by Gasteiger charge is 2.25. The molecule has 0 spiro atoms. The van der Waals surface area contributed by atoms with Crippen molar-refractivity contribution in [1.29, 1.82) is 5.26 Å². The van der Waals surface area contributed by atoms with Crippen molar-refractivity contribution in [2.75, 3.05) is 31.1 Å². The van der Waals surface area contributed by atoms with Crippen LogP contribution in [0.1, 0.15) is 35.2 Å². The predicted molar refractivity (Wildman–Crippen MR) is 117 cm³/mol. The second kappa shape index (κ2) is 10.6. The molecular formula is C24H28N4O2. The molecule has 1 aliphatic heterocycles. The molecule has 3 rings (SSSR count). The van der Waals surface area contributed by atoms with Gasteiger partial charge in [0.1, 0.15) is 0 Å². The maximum absolute atomic E-state index is 12.9. The summed E-state index contributed by atoms with van der Waals surface area (Å²) in [6.07, 6.45) is 1.93. The highest BCUT2D eigenvalue weighted by molar-refractivity contribution is 5.96. The number of piperidine rings is 1. The number of carbonyl (C=O) groups excluding carboxylic acids is 2. The lowest BCUT2D eigenvalue weighted by molar-refractivity contribution is -0.120. The van der Waals surface area contributed by atoms with Gasteiger partial charge in [-0.2, -0.15) is 5.26 Å². The number of para-hydroxylation sites is 1. The van der Waals surface area contributed by atoms with E-state index in [0.29, 0.717) is 25.1 Å². The van der Waals surface area contributed by atoms with E-state index in [2.05, 4.69) is 16.3 Å². The molecule has 2 amide bonds. The van der Waals surface area contributed by atoms with Crippen molar-refractivity contribution in [2.24, 2.45) is 0 Å². The van der Waals surface area contributed by atoms with E-state index >= 15 is 0 Å². The first-order valence-electron chi connectivity index (χ1n) is 10.4. The van der Waals surface area contributed by atoms with Crippen LogP contribution in [0.4, 0.5) is 5.69 Å². The van der Waals surface area contributed by atoms with Gasteiger partial charge in [0.25, 0.3) is 5.91 Å². The third kappa shape index (κ3) is 5.68. The summed E-state index contributed by atoms with van der Waals surface area (Å²) in [6, 6.07) is 19.3. The van der Waals surface area contributed by atoms with Crippen LogP contribution in [0.5, 0.6) is 0 Å². The van der Waals surface area contributed by atoms with Crippen LogP contribution < -0.4 is 10.2 Å². The van der Waals surface area contributed by atoms with Gasteiger partial charge in [-0.25, -0.2) is 0 Å². The summed E-state index contributed by atoms with van der Waals surface area (Å²) in [5.74, 6) is -0.0340. The van der Waals surface area contributed by atoms with Gasteiger partial charge in [-0.15, -0.1) is 0 Å². The van der Waals surface area contributed by atoms with E-state index in [-0.39, 0.29) is 17.9 Å². The van der Waals surface area contributed by atoms with Crippen LogP contribution in [0, 0.1) is 18.3 Å². The van der Waals surface area contributed by atoms with Gasteiger partial charge in [-0.1, -0.05) is 36.4 Å². The zero-order valence-corrected chi connectivity index (χ0v) is 17.4. The van der Waals surface area contributed by atoms with Gasteiger partial charge in [0, 0.05) is 36.9 Å². The standard InChI is InChI=1S/C24H28N4O2/c1-19-8-5-6-11-22(19)24(30)26-20-12-16-27(17-13-20)18-23(29)28(15-7-14-25)21-9-3-2-4-10-21/h2-6,8-11,20H,7,12-13,15-18H2,1H3,(H,26,30). The molecule has 6 heteroatoms. The van der Waals surface area contributed by atoms with Crippen LogP contribution in [-0.4, -0.2) is 48.9 Å². The first-order chi connectivity index (χ1) is 14.6. The number of nitriles is 1. The van der Waals surface area contributed by atoms with Gasteiger partial charge in [-0.05, 0) is 43.5 Å². The summed E-state index contributed by atoms with van der Waals surface area (Å²) in [6.45, 7) is 4.16. The SMILES string of the molecule is Cc1ccccc1C(=O)NC1CCN(CC(=O)N(CCC#N)c2ccccc2)CC1. The van der Waals surface area contributed by atoms with Gasteiger partial charge in [0.05, 0.1) is 19.0 Å². The predicted octanol–water partition coefficient (Wildman–Crippen LogP) is 3.14. The molecule has 6 nitrogen and oxygen atoms in total. The minimum atomic E-state index is -0.0330. The summed E-state index contributed by atoms with van der Waals surface area (Å²) < 4.78 is 0. The fraction of sp³-hybridized carbons (Fsp3) is 0.375. The number of nitrogens with one attached hydrogen (secondary N) is 1. The minimum Gasteiger partial charge on any atom is -0.349 e. The first kappa shape index (κ1) is 21.5. The molecule has 0 saturated carbocycles. The Labute approximate surface area is 178 Å². The second-order valence-corrected chi connectivity index (χ2v) is 7.63. The first-order valence-corrected chi connectivity index (χ1v) is 10.4. The lowest BCUT2D eigenvalue weighted by atomic mass is 10.0. The fourth-order valence-corrected chi connectivity index (χ4v) is 3.77. The number of amides is 2. The van der Waals surface area contributed by atoms with E-state index in [1.165, 1.54) is 0 Å². The van der Waals surface area contributed by atoms with Crippen molar-refractivity contribution in [1.82, 2.24) is 10.2 Å². The average Bonchev–Trinajstić information content (AvgIpc) is 2.76. The minimum absolute atomic E-state index is 0.00107. The molecule has 1 heterocycles. The molecule has 0 unspecified atom stereocenters. The van der Waals surface area contributed by atoms with Crippen LogP contribution in [0.15, 0.2) is 54.6 Å². The zero-order valence-electron chi connectivity index (χ0n) is 17.4. The number of nitrogens with zero attached hydrogens (tertiary/aromatic N) is 3. The summed E-state index contributed by atoms with van der Waals surface area (Å²) in [4.78, 5) is 29.2. The quantitative estimate of drug-likeness (QED) is 0.769. The average molecular weight is 405 g/mol. The lowest BCUT2D eigenvalue weighted by Gasteiger charge is -2.33. The molecule has 2 aromatic carbocycles. The van der Waals surface area contributed by atoms with Crippen molar-refractivity contribution >= 4 is 17.5 Å². The summed E-state index contributed by atoms with van der Waals surface area (Å²) in [5.41, 5.74) is 2.50. The Morgan fingerprint density at radius 3 is 2.43 bits per heavy atom. The summed E-state index contributed by atoms with van der Waals surface area (Å²) in [5, 5.41) is 12.1. The van der Waals surface area contributed by atoms with Gasteiger partial charge in [0.2, 0.25) is 5.91 Å². The molecule has 1 aliphatic rings. The Bertz CT molecular complexity index is 899. The summed E-state index contributed by atoms with van der Waals surface area (Å²) >= 11 is 0. The van der Waals surface area contributed by atoms with E-state index in [1.807, 2.05) is 61.5 Å². The smallest absolute Gasteiger partial charge is 0.251 e. The van der Waals surface area contributed by atoms with Crippen molar-refractivity contribution < 1.29 is 9.59 Å². The normalized spacial score (nSPS) is 14.7. The Balaban J connectivity index is 1.52. The van der Waals surface area contributed by atoms with Crippen molar-refractivity contribution in [3.63, 3.8) is 0 Å². The molecule has 0 aliphatic carbocycles. The number of rotatable bonds is 7. The fourth-order valence-electron chi connectivity index (χ4n) is 3.77. The van der Waals surface area contributed by atoms with Gasteiger partial charge >= 0.3 is 0 Å². The Morgan fingerprint density at radius 1 is 1.10 bits per heavy atom. The topological polar surface area (TPSA) is 76.4 Å². The van der Waals surface area contributed by atoms with Crippen LogP contribution in [0.2, 0.25) is 0 Å². The number of likely N-dealkylation sites (tertiary alicyclic amines) is 1. The largest absolute Gasteiger partial charge is 0.349 e. The Hall–Kier alpha value is -3.17. The molecule has 0 aromatic heterocycles. The third-order valence-electron chi connectivity index (χ3n) is 5.49. The highest BCUT2D eigenvalue weighted by Crippen LogP contribution is 2.17. The zero-order chi connectivity index (χ0) is 21.3. The Kier molecular flexibility index (Phi) is 7.58. The number of carbonyl (C=O) groups is 2. The van der Waals surface area contributed by atoms with Crippen molar-refractivity contribution in [3.05, 3.63) is 65.7 Å². The van der Waals surface area contributed by atoms with E-state index in [0.717, 1.165) is 37.2 Å². The summed E-state index contributed by atoms with van der Waals surface area (Å²) in [7, 11) is 0. The maximum atomic E-state index is 12.9. The number of hydrogen-bond donors (Lipinski definition) is 1. The second-order valence-electron chi connectivity index (χ2n) is 7.63. The van der Waals surface area contributed by atoms with Gasteiger partial charge in [-0.3, -0.25) is 14.5 Å². The molecule has 1 fully saturated rings. The molecule has 30 heavy (non-hydrogen) atoms. The van der Waals surface area contributed by atoms with Crippen LogP contribution in [0.25, 0.3) is 0 Å². The molecular weight excluding hydrogens is 376 g/mol. The highest BCUT2D eigenvalue weighted by atomic mass is 16.2. The van der Waals surface area contributed by atoms with E-state index in [4.69, 9.17) is 5.26 Å². The molecule has 1 N–H and O–H groups in total. The number of aryl methyl sites for hydroxylation is 1. The molecule has 0 radical (unpaired) electrons. The van der Waals surface area contributed by atoms with Crippen LogP contribution in [0.3, 0.4) is 0 Å². The third-order valence-corrected chi connectivity index (χ3v) is 5.49. The molecule has 1 saturated heterocycles. The van der Waals surface area contributed by atoms with Gasteiger partial charge in [0.15, 0.2) is 0 Å². The molecule has 0 atom stereocenters. The Morgan fingerprint density at radius 2 is 1.77 bits per heavy atom. The maximum Gasteiger partial charge on any atom is 0.251 e. The van der Waals surface area contributed by atoms with Gasteiger partial charge < -0.3 is 10.2 Å². The van der Waals surface area contributed by atoms with E-state index in [1.54, 1.807) is 4.90 Å². The van der Waals surface area contributed by atoms with Crippen LogP contribution >= 0.6 is 0 Å². The molecule has 0 bridgehead atoms. The van der Waals surface area contributed by atoms with Crippen molar-refractivity contribution in [3.8, 4) is 6.07 Å². The lowest BCUT2D eigenvalue weighted by Crippen LogP contribution is -2.48. The van der Waals surface area contributed by atoms with Crippen LogP contribution in [-0.2, 0) is 4.79 Å². The van der Waals surface area contributed by atoms with Crippen molar-refractivity contribution in [2.45, 2.75) is 32.2 Å². The van der Waals surface area contributed by atoms with E-state index < -0.39 is 0 Å². The monoisotopic (exact) mass is 404 g/mol. The van der Waals surface area contributed by atoms with E-state index in [9.17, 15) is 9.59 Å². The molecule has 156 valence electrons. The number of benzene rings is 2.